The lowest BCUT2D eigenvalue weighted by Gasteiger charge is -2.24. The molecule has 18 heavy (non-hydrogen) atoms. The molecule has 0 aliphatic rings. The third-order valence-corrected chi connectivity index (χ3v) is 2.57. The van der Waals surface area contributed by atoms with E-state index in [0.717, 1.165) is 0 Å². The average molecular weight is 253 g/mol. The Morgan fingerprint density at radius 1 is 1.39 bits per heavy atom. The van der Waals surface area contributed by atoms with Crippen molar-refractivity contribution in [2.24, 2.45) is 0 Å². The lowest BCUT2D eigenvalue weighted by Crippen LogP contribution is -2.40. The number of carbonyl (C=O) groups excluding carboxylic acids is 1. The van der Waals surface area contributed by atoms with Crippen molar-refractivity contribution in [1.29, 1.82) is 0 Å². The molecule has 1 rings (SSSR count). The molecule has 6 nitrogen and oxygen atoms in total. The normalized spacial score (nSPS) is 11.0. The summed E-state index contributed by atoms with van der Waals surface area (Å²) in [7, 11) is 0. The van der Waals surface area contributed by atoms with Gasteiger partial charge in [-0.2, -0.15) is 5.10 Å². The Morgan fingerprint density at radius 3 is 2.39 bits per heavy atom. The smallest absolute Gasteiger partial charge is 0.323 e. The van der Waals surface area contributed by atoms with Crippen molar-refractivity contribution in [3.63, 3.8) is 0 Å². The van der Waals surface area contributed by atoms with Crippen LogP contribution in [0, 0.1) is 0 Å². The second-order valence-electron chi connectivity index (χ2n) is 4.72. The molecule has 6 heteroatoms. The van der Waals surface area contributed by atoms with Crippen LogP contribution < -0.4 is 0 Å². The minimum Gasteiger partial charge on any atom is -0.480 e. The second kappa shape index (κ2) is 5.66. The maximum atomic E-state index is 12.2. The molecule has 0 aliphatic heterocycles. The maximum Gasteiger partial charge on any atom is 0.323 e. The number of carboxylic acids is 1. The Labute approximate surface area is 106 Å². The van der Waals surface area contributed by atoms with Crippen LogP contribution >= 0.6 is 0 Å². The standard InChI is InChI=1S/C12H19N3O3/c1-8(2)14(7-11(16)17)12(18)10-5-13-15(6-10)9(3)4/h5-6,8-9H,7H2,1-4H3,(H,16,17). The van der Waals surface area contributed by atoms with Gasteiger partial charge < -0.3 is 10.0 Å². The van der Waals surface area contributed by atoms with Crippen LogP contribution in [0.4, 0.5) is 0 Å². The van der Waals surface area contributed by atoms with Crippen molar-refractivity contribution in [1.82, 2.24) is 14.7 Å². The molecule has 1 heterocycles. The van der Waals surface area contributed by atoms with Gasteiger partial charge in [-0.05, 0) is 27.7 Å². The van der Waals surface area contributed by atoms with Gasteiger partial charge in [0.05, 0.1) is 11.8 Å². The Morgan fingerprint density at radius 2 is 2.00 bits per heavy atom. The highest BCUT2D eigenvalue weighted by Crippen LogP contribution is 2.10. The Balaban J connectivity index is 2.91. The van der Waals surface area contributed by atoms with Crippen molar-refractivity contribution < 1.29 is 14.7 Å². The third-order valence-electron chi connectivity index (χ3n) is 2.57. The molecule has 0 bridgehead atoms. The molecule has 1 aromatic rings. The zero-order valence-corrected chi connectivity index (χ0v) is 11.1. The molecule has 0 aliphatic carbocycles. The number of carbonyl (C=O) groups is 2. The van der Waals surface area contributed by atoms with E-state index < -0.39 is 5.97 Å². The van der Waals surface area contributed by atoms with Gasteiger partial charge in [0.2, 0.25) is 0 Å². The number of hydrogen-bond acceptors (Lipinski definition) is 3. The predicted molar refractivity (Wildman–Crippen MR) is 66.4 cm³/mol. The van der Waals surface area contributed by atoms with E-state index in [1.54, 1.807) is 24.7 Å². The van der Waals surface area contributed by atoms with E-state index in [2.05, 4.69) is 5.10 Å². The summed E-state index contributed by atoms with van der Waals surface area (Å²) in [5.74, 6) is -1.33. The first-order valence-electron chi connectivity index (χ1n) is 5.89. The van der Waals surface area contributed by atoms with E-state index in [1.165, 1.54) is 11.1 Å². The van der Waals surface area contributed by atoms with Gasteiger partial charge in [0.25, 0.3) is 5.91 Å². The number of amides is 1. The minimum absolute atomic E-state index is 0.165. The van der Waals surface area contributed by atoms with Gasteiger partial charge in [-0.25, -0.2) is 0 Å². The minimum atomic E-state index is -1.02. The predicted octanol–water partition coefficient (Wildman–Crippen LogP) is 1.40. The van der Waals surface area contributed by atoms with Crippen LogP contribution in [0.5, 0.6) is 0 Å². The van der Waals surface area contributed by atoms with Gasteiger partial charge in [0.1, 0.15) is 6.54 Å². The lowest BCUT2D eigenvalue weighted by atomic mass is 10.2. The maximum absolute atomic E-state index is 12.2. The molecular formula is C12H19N3O3. The van der Waals surface area contributed by atoms with Crippen LogP contribution in [0.3, 0.4) is 0 Å². The molecule has 0 aromatic carbocycles. The van der Waals surface area contributed by atoms with Crippen LogP contribution in [0.15, 0.2) is 12.4 Å². The SMILES string of the molecule is CC(C)N(CC(=O)O)C(=O)c1cnn(C(C)C)c1. The summed E-state index contributed by atoms with van der Waals surface area (Å²) in [5.41, 5.74) is 0.415. The van der Waals surface area contributed by atoms with E-state index in [9.17, 15) is 9.59 Å². The average Bonchev–Trinajstić information content (AvgIpc) is 2.73. The van der Waals surface area contributed by atoms with Crippen molar-refractivity contribution in [2.45, 2.75) is 39.8 Å². The van der Waals surface area contributed by atoms with E-state index in [1.807, 2.05) is 13.8 Å². The summed E-state index contributed by atoms with van der Waals surface area (Å²) in [4.78, 5) is 24.2. The zero-order valence-electron chi connectivity index (χ0n) is 11.1. The summed E-state index contributed by atoms with van der Waals surface area (Å²) in [6.45, 7) is 7.18. The fraction of sp³-hybridized carbons (Fsp3) is 0.583. The first kappa shape index (κ1) is 14.2. The van der Waals surface area contributed by atoms with Crippen LogP contribution in [0.2, 0.25) is 0 Å². The number of nitrogens with zero attached hydrogens (tertiary/aromatic N) is 3. The van der Waals surface area contributed by atoms with E-state index in [-0.39, 0.29) is 24.5 Å². The largest absolute Gasteiger partial charge is 0.480 e. The molecule has 0 spiro atoms. The zero-order chi connectivity index (χ0) is 13.9. The highest BCUT2D eigenvalue weighted by atomic mass is 16.4. The first-order chi connectivity index (χ1) is 8.32. The number of aliphatic carboxylic acids is 1. The molecule has 0 unspecified atom stereocenters. The van der Waals surface area contributed by atoms with Crippen molar-refractivity contribution in [2.75, 3.05) is 6.54 Å². The monoisotopic (exact) mass is 253 g/mol. The third kappa shape index (κ3) is 3.32. The Kier molecular flexibility index (Phi) is 4.47. The van der Waals surface area contributed by atoms with Crippen LogP contribution in [-0.4, -0.2) is 44.3 Å². The molecule has 100 valence electrons. The molecule has 0 saturated heterocycles. The van der Waals surface area contributed by atoms with Crippen molar-refractivity contribution in [3.05, 3.63) is 18.0 Å². The van der Waals surface area contributed by atoms with Gasteiger partial charge in [-0.15, -0.1) is 0 Å². The second-order valence-corrected chi connectivity index (χ2v) is 4.72. The van der Waals surface area contributed by atoms with Crippen molar-refractivity contribution in [3.8, 4) is 0 Å². The quantitative estimate of drug-likeness (QED) is 0.860. The van der Waals surface area contributed by atoms with Crippen LogP contribution in [0.25, 0.3) is 0 Å². The fourth-order valence-electron chi connectivity index (χ4n) is 1.53. The van der Waals surface area contributed by atoms with Gasteiger partial charge in [0.15, 0.2) is 0 Å². The number of carboxylic acid groups (broad SMARTS) is 1. The fourth-order valence-corrected chi connectivity index (χ4v) is 1.53. The molecular weight excluding hydrogens is 234 g/mol. The molecule has 1 amide bonds. The lowest BCUT2D eigenvalue weighted by molar-refractivity contribution is -0.138. The van der Waals surface area contributed by atoms with Gasteiger partial charge in [-0.1, -0.05) is 0 Å². The summed E-state index contributed by atoms with van der Waals surface area (Å²) in [6.07, 6.45) is 3.11. The summed E-state index contributed by atoms with van der Waals surface area (Å²) in [6, 6.07) is -0.00507. The number of aromatic nitrogens is 2. The molecule has 0 saturated carbocycles. The molecule has 1 N–H and O–H groups in total. The van der Waals surface area contributed by atoms with E-state index in [4.69, 9.17) is 5.11 Å². The van der Waals surface area contributed by atoms with Gasteiger partial charge in [0, 0.05) is 18.3 Å². The number of hydrogen-bond donors (Lipinski definition) is 1. The molecule has 0 fully saturated rings. The molecule has 0 atom stereocenters. The summed E-state index contributed by atoms with van der Waals surface area (Å²) < 4.78 is 1.67. The molecule has 1 aromatic heterocycles. The van der Waals surface area contributed by atoms with E-state index in [0.29, 0.717) is 5.56 Å². The Hall–Kier alpha value is -1.85. The summed E-state index contributed by atoms with van der Waals surface area (Å²) >= 11 is 0. The first-order valence-corrected chi connectivity index (χ1v) is 5.89. The molecule has 0 radical (unpaired) electrons. The van der Waals surface area contributed by atoms with E-state index >= 15 is 0 Å². The van der Waals surface area contributed by atoms with Crippen molar-refractivity contribution >= 4 is 11.9 Å². The van der Waals surface area contributed by atoms with Crippen LogP contribution in [0.1, 0.15) is 44.1 Å². The van der Waals surface area contributed by atoms with Gasteiger partial charge >= 0.3 is 5.97 Å². The highest BCUT2D eigenvalue weighted by molar-refractivity contribution is 5.95. The number of rotatable bonds is 5. The summed E-state index contributed by atoms with van der Waals surface area (Å²) in [5, 5.41) is 12.9. The Bertz CT molecular complexity index is 438. The van der Waals surface area contributed by atoms with Crippen LogP contribution in [-0.2, 0) is 4.79 Å². The van der Waals surface area contributed by atoms with Gasteiger partial charge in [-0.3, -0.25) is 14.3 Å². The highest BCUT2D eigenvalue weighted by Gasteiger charge is 2.22. The topological polar surface area (TPSA) is 75.4 Å².